The second-order valence-corrected chi connectivity index (χ2v) is 8.88. The van der Waals surface area contributed by atoms with Gasteiger partial charge in [-0.3, -0.25) is 15.0 Å². The minimum absolute atomic E-state index is 0.0734. The number of carboxylic acid groups (broad SMARTS) is 1. The summed E-state index contributed by atoms with van der Waals surface area (Å²) in [5.74, 6) is -1.32. The first-order valence-corrected chi connectivity index (χ1v) is 9.68. The number of carbonyl (C=O) groups excluding carboxylic acids is 1. The number of carboxylic acids is 1. The Hall–Kier alpha value is -1.02. The Bertz CT molecular complexity index is 774. The standard InChI is InChI=1S/C16H14BrClN2O3S/c1-7-10(15(22)23)20-13(21)9-14(20)24-12(7)16(18,19-9)11(17)8-5-3-2-4-6-8/h2-6,9,11-12,14,19H,1H3,(H,22,23)/t9-,11?,12?,14-,16?/m0/s1. The van der Waals surface area contributed by atoms with E-state index in [4.69, 9.17) is 11.6 Å². The molecule has 3 unspecified atom stereocenters. The number of rotatable bonds is 3. The van der Waals surface area contributed by atoms with E-state index < -0.39 is 17.0 Å². The van der Waals surface area contributed by atoms with Crippen LogP contribution >= 0.6 is 39.3 Å². The van der Waals surface area contributed by atoms with Gasteiger partial charge in [0.15, 0.2) is 0 Å². The van der Waals surface area contributed by atoms with Gasteiger partial charge in [-0.15, -0.1) is 11.8 Å². The molecule has 0 radical (unpaired) electrons. The van der Waals surface area contributed by atoms with Crippen LogP contribution < -0.4 is 5.32 Å². The van der Waals surface area contributed by atoms with Crippen molar-refractivity contribution in [2.45, 2.75) is 33.4 Å². The van der Waals surface area contributed by atoms with Gasteiger partial charge in [0, 0.05) is 0 Å². The first kappa shape index (κ1) is 16.4. The van der Waals surface area contributed by atoms with Crippen molar-refractivity contribution >= 4 is 51.2 Å². The fraction of sp³-hybridized carbons (Fsp3) is 0.375. The third-order valence-corrected chi connectivity index (χ3v) is 8.70. The topological polar surface area (TPSA) is 69.6 Å². The van der Waals surface area contributed by atoms with Crippen molar-refractivity contribution in [3.05, 3.63) is 47.2 Å². The van der Waals surface area contributed by atoms with E-state index >= 15 is 0 Å². The van der Waals surface area contributed by atoms with E-state index in [0.717, 1.165) is 5.56 Å². The molecule has 1 aromatic carbocycles. The molecule has 2 N–H and O–H groups in total. The molecule has 1 aromatic rings. The van der Waals surface area contributed by atoms with E-state index in [1.807, 2.05) is 30.3 Å². The lowest BCUT2D eigenvalue weighted by Crippen LogP contribution is -2.79. The second-order valence-electron chi connectivity index (χ2n) is 6.11. The summed E-state index contributed by atoms with van der Waals surface area (Å²) in [7, 11) is 0. The van der Waals surface area contributed by atoms with Crippen molar-refractivity contribution in [2.24, 2.45) is 0 Å². The Morgan fingerprint density at radius 3 is 2.75 bits per heavy atom. The molecule has 5 nitrogen and oxygen atoms in total. The molecule has 1 amide bonds. The molecule has 2 saturated heterocycles. The first-order valence-electron chi connectivity index (χ1n) is 7.44. The van der Waals surface area contributed by atoms with Crippen LogP contribution in [-0.4, -0.2) is 43.5 Å². The molecular formula is C16H14BrClN2O3S. The van der Waals surface area contributed by atoms with E-state index in [-0.39, 0.29) is 27.1 Å². The molecule has 24 heavy (non-hydrogen) atoms. The van der Waals surface area contributed by atoms with Crippen LogP contribution in [0.4, 0.5) is 0 Å². The second kappa shape index (κ2) is 5.49. The van der Waals surface area contributed by atoms with E-state index in [2.05, 4.69) is 21.2 Å². The molecule has 3 aliphatic heterocycles. The van der Waals surface area contributed by atoms with Crippen molar-refractivity contribution in [1.82, 2.24) is 10.2 Å². The van der Waals surface area contributed by atoms with Crippen LogP contribution in [0.3, 0.4) is 0 Å². The summed E-state index contributed by atoms with van der Waals surface area (Å²) in [6.07, 6.45) is 0. The number of hydrogen-bond donors (Lipinski definition) is 2. The maximum Gasteiger partial charge on any atom is 0.352 e. The zero-order chi connectivity index (χ0) is 17.2. The highest BCUT2D eigenvalue weighted by Crippen LogP contribution is 2.57. The molecule has 0 saturated carbocycles. The van der Waals surface area contributed by atoms with E-state index in [0.29, 0.717) is 5.57 Å². The quantitative estimate of drug-likeness (QED) is 0.439. The van der Waals surface area contributed by atoms with Crippen LogP contribution in [0.2, 0.25) is 0 Å². The van der Waals surface area contributed by atoms with Crippen molar-refractivity contribution in [3.63, 3.8) is 0 Å². The summed E-state index contributed by atoms with van der Waals surface area (Å²) >= 11 is 12.2. The Balaban J connectivity index is 1.82. The molecule has 3 aliphatic rings. The summed E-state index contributed by atoms with van der Waals surface area (Å²) < 4.78 is 0. The average molecular weight is 430 g/mol. The van der Waals surface area contributed by atoms with Crippen LogP contribution in [0.5, 0.6) is 0 Å². The predicted molar refractivity (Wildman–Crippen MR) is 96.0 cm³/mol. The van der Waals surface area contributed by atoms with Gasteiger partial charge in [0.1, 0.15) is 22.1 Å². The Labute approximate surface area is 156 Å². The molecule has 2 bridgehead atoms. The molecule has 126 valence electrons. The predicted octanol–water partition coefficient (Wildman–Crippen LogP) is 2.67. The number of β-lactam (4-membered cyclic amide) rings is 1. The Kier molecular flexibility index (Phi) is 3.76. The SMILES string of the molecule is CC1=C(C(=O)O)N2C(=O)[C@@H]3NC(Cl)(C(Br)c4ccccc4)C1S[C@@H]32. The van der Waals surface area contributed by atoms with Gasteiger partial charge in [0.05, 0.1) is 10.1 Å². The van der Waals surface area contributed by atoms with Gasteiger partial charge in [-0.25, -0.2) is 4.79 Å². The maximum atomic E-state index is 12.4. The number of fused-ring (bicyclic) bond motifs is 1. The number of amides is 1. The van der Waals surface area contributed by atoms with E-state index in [1.165, 1.54) is 4.90 Å². The van der Waals surface area contributed by atoms with Crippen molar-refractivity contribution < 1.29 is 14.7 Å². The number of nitrogens with one attached hydrogen (secondary N) is 1. The number of halogens is 2. The van der Waals surface area contributed by atoms with Crippen LogP contribution in [-0.2, 0) is 9.59 Å². The lowest BCUT2D eigenvalue weighted by atomic mass is 9.90. The largest absolute Gasteiger partial charge is 0.477 e. The number of carbonyl (C=O) groups is 2. The van der Waals surface area contributed by atoms with Gasteiger partial charge in [-0.2, -0.15) is 0 Å². The summed E-state index contributed by atoms with van der Waals surface area (Å²) in [5, 5.41) is 12.4. The maximum absolute atomic E-state index is 12.4. The number of hydrogen-bond acceptors (Lipinski definition) is 4. The van der Waals surface area contributed by atoms with Gasteiger partial charge in [-0.1, -0.05) is 57.9 Å². The van der Waals surface area contributed by atoms with E-state index in [1.54, 1.807) is 18.7 Å². The lowest BCUT2D eigenvalue weighted by Gasteiger charge is -2.60. The molecule has 5 atom stereocenters. The fourth-order valence-corrected chi connectivity index (χ4v) is 6.71. The van der Waals surface area contributed by atoms with Crippen LogP contribution in [0.1, 0.15) is 17.3 Å². The minimum atomic E-state index is -1.08. The smallest absolute Gasteiger partial charge is 0.352 e. The fourth-order valence-electron chi connectivity index (χ4n) is 3.60. The highest BCUT2D eigenvalue weighted by molar-refractivity contribution is 9.09. The lowest BCUT2D eigenvalue weighted by molar-refractivity contribution is -0.150. The molecule has 8 heteroatoms. The summed E-state index contributed by atoms with van der Waals surface area (Å²) in [6.45, 7) is 1.74. The van der Waals surface area contributed by atoms with Gasteiger partial charge in [0.2, 0.25) is 5.91 Å². The summed E-state index contributed by atoms with van der Waals surface area (Å²) in [6, 6.07) is 9.21. The zero-order valence-electron chi connectivity index (χ0n) is 12.6. The average Bonchev–Trinajstić information content (AvgIpc) is 2.58. The normalized spacial score (nSPS) is 35.5. The van der Waals surface area contributed by atoms with Gasteiger partial charge in [0.25, 0.3) is 0 Å². The first-order chi connectivity index (χ1) is 11.4. The van der Waals surface area contributed by atoms with Gasteiger partial charge < -0.3 is 5.11 Å². The number of thioether (sulfide) groups is 1. The number of alkyl halides is 2. The van der Waals surface area contributed by atoms with E-state index in [9.17, 15) is 14.7 Å². The molecule has 0 spiro atoms. The summed E-state index contributed by atoms with van der Waals surface area (Å²) in [4.78, 5) is 24.2. The van der Waals surface area contributed by atoms with Gasteiger partial charge >= 0.3 is 5.97 Å². The highest BCUT2D eigenvalue weighted by Gasteiger charge is 2.65. The molecule has 0 aromatic heterocycles. The molecule has 2 fully saturated rings. The van der Waals surface area contributed by atoms with Crippen molar-refractivity contribution in [1.29, 1.82) is 0 Å². The Morgan fingerprint density at radius 2 is 2.12 bits per heavy atom. The highest BCUT2D eigenvalue weighted by atomic mass is 79.9. The minimum Gasteiger partial charge on any atom is -0.477 e. The Morgan fingerprint density at radius 1 is 1.46 bits per heavy atom. The number of benzene rings is 1. The third-order valence-electron chi connectivity index (χ3n) is 4.75. The zero-order valence-corrected chi connectivity index (χ0v) is 15.7. The van der Waals surface area contributed by atoms with Crippen LogP contribution in [0, 0.1) is 0 Å². The van der Waals surface area contributed by atoms with Gasteiger partial charge in [-0.05, 0) is 18.1 Å². The molecule has 0 aliphatic carbocycles. The monoisotopic (exact) mass is 428 g/mol. The molecule has 4 rings (SSSR count). The molecule has 3 heterocycles. The van der Waals surface area contributed by atoms with Crippen LogP contribution in [0.15, 0.2) is 41.6 Å². The van der Waals surface area contributed by atoms with Crippen LogP contribution in [0.25, 0.3) is 0 Å². The number of nitrogens with zero attached hydrogens (tertiary/aromatic N) is 1. The summed E-state index contributed by atoms with van der Waals surface area (Å²) in [5.41, 5.74) is 1.65. The molecular weight excluding hydrogens is 416 g/mol. The van der Waals surface area contributed by atoms with Crippen molar-refractivity contribution in [3.8, 4) is 0 Å². The van der Waals surface area contributed by atoms with Crippen molar-refractivity contribution in [2.75, 3.05) is 0 Å². The third kappa shape index (κ3) is 2.05. The number of aliphatic carboxylic acids is 1.